The predicted molar refractivity (Wildman–Crippen MR) is 63.8 cm³/mol. The lowest BCUT2D eigenvalue weighted by Crippen LogP contribution is -2.45. The van der Waals surface area contributed by atoms with E-state index in [0.717, 1.165) is 0 Å². The lowest BCUT2D eigenvalue weighted by molar-refractivity contribution is 0.00346. The van der Waals surface area contributed by atoms with Crippen LogP contribution in [-0.2, 0) is 4.74 Å². The van der Waals surface area contributed by atoms with Crippen LogP contribution in [0, 0.1) is 11.3 Å². The molecular formula is C12H13N3O3. The van der Waals surface area contributed by atoms with Crippen molar-refractivity contribution in [3.8, 4) is 11.8 Å². The van der Waals surface area contributed by atoms with E-state index in [9.17, 15) is 9.90 Å². The Morgan fingerprint density at radius 1 is 1.61 bits per heavy atom. The normalized spacial score (nSPS) is 19.3. The zero-order valence-corrected chi connectivity index (χ0v) is 9.67. The molecule has 1 atom stereocenters. The van der Waals surface area contributed by atoms with Gasteiger partial charge in [0.25, 0.3) is 5.91 Å². The highest BCUT2D eigenvalue weighted by Crippen LogP contribution is 2.22. The Bertz CT molecular complexity index is 510. The molecule has 1 saturated heterocycles. The fourth-order valence-electron chi connectivity index (χ4n) is 1.77. The summed E-state index contributed by atoms with van der Waals surface area (Å²) >= 11 is 0. The number of nitrogen functional groups attached to an aromatic ring is 1. The van der Waals surface area contributed by atoms with Gasteiger partial charge in [0.05, 0.1) is 24.9 Å². The molecule has 2 rings (SSSR count). The quantitative estimate of drug-likeness (QED) is 0.550. The van der Waals surface area contributed by atoms with Gasteiger partial charge in [0, 0.05) is 12.1 Å². The zero-order chi connectivity index (χ0) is 13.1. The average Bonchev–Trinajstić information content (AvgIpc) is 2.41. The largest absolute Gasteiger partial charge is 0.506 e. The van der Waals surface area contributed by atoms with Gasteiger partial charge in [-0.1, -0.05) is 0 Å². The van der Waals surface area contributed by atoms with E-state index >= 15 is 0 Å². The Kier molecular flexibility index (Phi) is 3.35. The van der Waals surface area contributed by atoms with E-state index in [2.05, 4.69) is 0 Å². The van der Waals surface area contributed by atoms with E-state index in [1.54, 1.807) is 6.07 Å². The summed E-state index contributed by atoms with van der Waals surface area (Å²) in [6, 6.07) is 6.33. The van der Waals surface area contributed by atoms with Crippen molar-refractivity contribution in [3.63, 3.8) is 0 Å². The van der Waals surface area contributed by atoms with E-state index in [1.165, 1.54) is 17.0 Å². The van der Waals surface area contributed by atoms with Gasteiger partial charge >= 0.3 is 0 Å². The summed E-state index contributed by atoms with van der Waals surface area (Å²) in [5.41, 5.74) is 6.05. The molecule has 3 N–H and O–H groups in total. The van der Waals surface area contributed by atoms with Gasteiger partial charge in [-0.25, -0.2) is 0 Å². The number of morpholine rings is 1. The van der Waals surface area contributed by atoms with Crippen LogP contribution in [0.3, 0.4) is 0 Å². The number of nitrogens with zero attached hydrogens (tertiary/aromatic N) is 2. The van der Waals surface area contributed by atoms with Gasteiger partial charge in [0.15, 0.2) is 6.10 Å². The SMILES string of the molecule is N#CC1CN(C(=O)c2ccc(N)c(O)c2)CCO1. The third-order valence-corrected chi connectivity index (χ3v) is 2.78. The molecular weight excluding hydrogens is 234 g/mol. The molecule has 1 heterocycles. The van der Waals surface area contributed by atoms with Gasteiger partial charge in [-0.2, -0.15) is 5.26 Å². The van der Waals surface area contributed by atoms with Crippen molar-refractivity contribution in [3.05, 3.63) is 23.8 Å². The number of rotatable bonds is 1. The Balaban J connectivity index is 2.15. The average molecular weight is 247 g/mol. The molecule has 18 heavy (non-hydrogen) atoms. The summed E-state index contributed by atoms with van der Waals surface area (Å²) in [5.74, 6) is -0.361. The minimum atomic E-state index is -0.593. The predicted octanol–water partition coefficient (Wildman–Crippen LogP) is 0.339. The number of benzene rings is 1. The van der Waals surface area contributed by atoms with Gasteiger partial charge in [-0.15, -0.1) is 0 Å². The number of phenolic OH excluding ortho intramolecular Hbond substituents is 1. The second-order valence-electron chi connectivity index (χ2n) is 4.01. The number of hydrogen-bond acceptors (Lipinski definition) is 5. The third kappa shape index (κ3) is 2.36. The smallest absolute Gasteiger partial charge is 0.254 e. The van der Waals surface area contributed by atoms with Crippen LogP contribution < -0.4 is 5.73 Å². The number of carbonyl (C=O) groups excluding carboxylic acids is 1. The molecule has 6 heteroatoms. The molecule has 0 radical (unpaired) electrons. The van der Waals surface area contributed by atoms with Crippen LogP contribution in [0.4, 0.5) is 5.69 Å². The van der Waals surface area contributed by atoms with Crippen molar-refractivity contribution in [2.45, 2.75) is 6.10 Å². The van der Waals surface area contributed by atoms with Gasteiger partial charge in [-0.05, 0) is 18.2 Å². The number of carbonyl (C=O) groups is 1. The molecule has 1 aliphatic heterocycles. The molecule has 1 fully saturated rings. The lowest BCUT2D eigenvalue weighted by Gasteiger charge is -2.29. The highest BCUT2D eigenvalue weighted by atomic mass is 16.5. The Morgan fingerprint density at radius 3 is 3.06 bits per heavy atom. The number of aromatic hydroxyl groups is 1. The zero-order valence-electron chi connectivity index (χ0n) is 9.67. The molecule has 0 aliphatic carbocycles. The van der Waals surface area contributed by atoms with Gasteiger partial charge < -0.3 is 20.5 Å². The summed E-state index contributed by atoms with van der Waals surface area (Å²) in [7, 11) is 0. The van der Waals surface area contributed by atoms with E-state index in [0.29, 0.717) is 18.7 Å². The van der Waals surface area contributed by atoms with Crippen molar-refractivity contribution in [1.29, 1.82) is 5.26 Å². The molecule has 6 nitrogen and oxygen atoms in total. The first-order valence-electron chi connectivity index (χ1n) is 5.51. The van der Waals surface area contributed by atoms with Crippen LogP contribution in [0.2, 0.25) is 0 Å². The fraction of sp³-hybridized carbons (Fsp3) is 0.333. The molecule has 1 aromatic rings. The molecule has 94 valence electrons. The second kappa shape index (κ2) is 4.94. The first-order valence-corrected chi connectivity index (χ1v) is 5.51. The summed E-state index contributed by atoms with van der Waals surface area (Å²) < 4.78 is 5.16. The van der Waals surface area contributed by atoms with Crippen LogP contribution in [-0.4, -0.2) is 41.7 Å². The van der Waals surface area contributed by atoms with Crippen LogP contribution in [0.25, 0.3) is 0 Å². The highest BCUT2D eigenvalue weighted by Gasteiger charge is 2.25. The van der Waals surface area contributed by atoms with Crippen molar-refractivity contribution < 1.29 is 14.6 Å². The van der Waals surface area contributed by atoms with E-state index in [1.807, 2.05) is 6.07 Å². The van der Waals surface area contributed by atoms with E-state index in [4.69, 9.17) is 15.7 Å². The molecule has 1 aliphatic rings. The minimum Gasteiger partial charge on any atom is -0.506 e. The maximum absolute atomic E-state index is 12.1. The maximum Gasteiger partial charge on any atom is 0.254 e. The summed E-state index contributed by atoms with van der Waals surface area (Å²) in [6.07, 6.45) is -0.593. The number of nitrogens with two attached hydrogens (primary N) is 1. The molecule has 0 saturated carbocycles. The molecule has 1 amide bonds. The minimum absolute atomic E-state index is 0.119. The summed E-state index contributed by atoms with van der Waals surface area (Å²) in [4.78, 5) is 13.7. The second-order valence-corrected chi connectivity index (χ2v) is 4.01. The van der Waals surface area contributed by atoms with Crippen molar-refractivity contribution in [1.82, 2.24) is 4.90 Å². The number of amides is 1. The van der Waals surface area contributed by atoms with Gasteiger partial charge in [-0.3, -0.25) is 4.79 Å². The van der Waals surface area contributed by atoms with E-state index < -0.39 is 6.10 Å². The molecule has 0 spiro atoms. The van der Waals surface area contributed by atoms with Crippen molar-refractivity contribution >= 4 is 11.6 Å². The van der Waals surface area contributed by atoms with Crippen LogP contribution in [0.15, 0.2) is 18.2 Å². The highest BCUT2D eigenvalue weighted by molar-refractivity contribution is 5.95. The standard InChI is InChI=1S/C12H13N3O3/c13-6-9-7-15(3-4-18-9)12(17)8-1-2-10(14)11(16)5-8/h1-2,5,9,16H,3-4,7,14H2. The van der Waals surface area contributed by atoms with Crippen LogP contribution in [0.1, 0.15) is 10.4 Å². The summed E-state index contributed by atoms with van der Waals surface area (Å²) in [6.45, 7) is 1.01. The maximum atomic E-state index is 12.1. The third-order valence-electron chi connectivity index (χ3n) is 2.78. The summed E-state index contributed by atoms with van der Waals surface area (Å²) in [5, 5.41) is 18.2. The Labute approximate surface area is 104 Å². The Morgan fingerprint density at radius 2 is 2.39 bits per heavy atom. The van der Waals surface area contributed by atoms with E-state index in [-0.39, 0.29) is 23.9 Å². The first-order chi connectivity index (χ1) is 8.61. The Hall–Kier alpha value is -2.26. The number of phenols is 1. The lowest BCUT2D eigenvalue weighted by atomic mass is 10.1. The number of anilines is 1. The molecule has 0 aromatic heterocycles. The number of ether oxygens (including phenoxy) is 1. The van der Waals surface area contributed by atoms with Gasteiger partial charge in [0.1, 0.15) is 5.75 Å². The fourth-order valence-corrected chi connectivity index (χ4v) is 1.77. The molecule has 0 bridgehead atoms. The molecule has 1 unspecified atom stereocenters. The topological polar surface area (TPSA) is 99.6 Å². The number of nitriles is 1. The number of hydrogen-bond donors (Lipinski definition) is 2. The van der Waals surface area contributed by atoms with Crippen molar-refractivity contribution in [2.24, 2.45) is 0 Å². The van der Waals surface area contributed by atoms with Crippen molar-refractivity contribution in [2.75, 3.05) is 25.4 Å². The van der Waals surface area contributed by atoms with Gasteiger partial charge in [0.2, 0.25) is 0 Å². The van der Waals surface area contributed by atoms with Crippen LogP contribution >= 0.6 is 0 Å². The monoisotopic (exact) mass is 247 g/mol. The first kappa shape index (κ1) is 12.2. The molecule has 1 aromatic carbocycles. The van der Waals surface area contributed by atoms with Crippen LogP contribution in [0.5, 0.6) is 5.75 Å².